The van der Waals surface area contributed by atoms with Gasteiger partial charge in [0.25, 0.3) is 5.56 Å². The molecular formula is C27H43NO. The number of nitrogens with one attached hydrogen (secondary N) is 1. The zero-order valence-electron chi connectivity index (χ0n) is 18.8. The first kappa shape index (κ1) is 23.7. The summed E-state index contributed by atoms with van der Waals surface area (Å²) in [4.78, 5) is 15.2. The SMILES string of the molecule is CCCCCCCCCCCCCCCCCCc1cc2ccccc2[nH]c1=O. The normalized spacial score (nSPS) is 11.3. The number of fused-ring (bicyclic) bond motifs is 1. The van der Waals surface area contributed by atoms with E-state index in [4.69, 9.17) is 0 Å². The first-order chi connectivity index (χ1) is 14.3. The molecule has 0 saturated heterocycles. The average molecular weight is 398 g/mol. The first-order valence-electron chi connectivity index (χ1n) is 12.4. The average Bonchev–Trinajstić information content (AvgIpc) is 2.73. The summed E-state index contributed by atoms with van der Waals surface area (Å²) in [6, 6.07) is 10.1. The van der Waals surface area contributed by atoms with Crippen molar-refractivity contribution in [3.8, 4) is 0 Å². The molecule has 29 heavy (non-hydrogen) atoms. The Morgan fingerprint density at radius 1 is 0.655 bits per heavy atom. The van der Waals surface area contributed by atoms with Crippen molar-refractivity contribution < 1.29 is 0 Å². The van der Waals surface area contributed by atoms with Crippen molar-refractivity contribution in [1.82, 2.24) is 4.98 Å². The number of pyridine rings is 1. The fourth-order valence-electron chi connectivity index (χ4n) is 4.24. The summed E-state index contributed by atoms with van der Waals surface area (Å²) in [5.41, 5.74) is 1.96. The maximum atomic E-state index is 12.2. The molecule has 0 atom stereocenters. The van der Waals surface area contributed by atoms with Crippen molar-refractivity contribution in [3.63, 3.8) is 0 Å². The van der Waals surface area contributed by atoms with Crippen molar-refractivity contribution in [2.24, 2.45) is 0 Å². The number of hydrogen-bond acceptors (Lipinski definition) is 1. The van der Waals surface area contributed by atoms with E-state index < -0.39 is 0 Å². The molecule has 0 saturated carbocycles. The molecule has 0 radical (unpaired) electrons. The lowest BCUT2D eigenvalue weighted by molar-refractivity contribution is 0.529. The second-order valence-corrected chi connectivity index (χ2v) is 8.76. The van der Waals surface area contributed by atoms with E-state index in [1.807, 2.05) is 18.2 Å². The highest BCUT2D eigenvalue weighted by Crippen LogP contribution is 2.15. The lowest BCUT2D eigenvalue weighted by Crippen LogP contribution is -2.12. The number of para-hydroxylation sites is 1. The Balaban J connectivity index is 1.40. The summed E-state index contributed by atoms with van der Waals surface area (Å²) in [6.45, 7) is 2.29. The third-order valence-corrected chi connectivity index (χ3v) is 6.13. The molecule has 0 aliphatic carbocycles. The van der Waals surface area contributed by atoms with Crippen LogP contribution in [0.3, 0.4) is 0 Å². The summed E-state index contributed by atoms with van der Waals surface area (Å²) in [6.07, 6.45) is 23.0. The van der Waals surface area contributed by atoms with Crippen molar-refractivity contribution in [2.75, 3.05) is 0 Å². The van der Waals surface area contributed by atoms with Gasteiger partial charge in [-0.25, -0.2) is 0 Å². The number of unbranched alkanes of at least 4 members (excludes halogenated alkanes) is 15. The van der Waals surface area contributed by atoms with Gasteiger partial charge < -0.3 is 4.98 Å². The predicted molar refractivity (Wildman–Crippen MR) is 128 cm³/mol. The molecule has 1 aromatic heterocycles. The molecule has 0 aliphatic rings. The maximum Gasteiger partial charge on any atom is 0.251 e. The van der Waals surface area contributed by atoms with Gasteiger partial charge >= 0.3 is 0 Å². The number of aryl methyl sites for hydroxylation is 1. The van der Waals surface area contributed by atoms with E-state index in [0.717, 1.165) is 29.3 Å². The minimum absolute atomic E-state index is 0.0876. The van der Waals surface area contributed by atoms with Crippen LogP contribution >= 0.6 is 0 Å². The highest BCUT2D eigenvalue weighted by molar-refractivity contribution is 5.78. The first-order valence-corrected chi connectivity index (χ1v) is 12.4. The van der Waals surface area contributed by atoms with Gasteiger partial charge in [0.05, 0.1) is 0 Å². The summed E-state index contributed by atoms with van der Waals surface area (Å²) in [5, 5.41) is 1.14. The van der Waals surface area contributed by atoms with Gasteiger partial charge in [-0.3, -0.25) is 4.79 Å². The Kier molecular flexibility index (Phi) is 12.5. The van der Waals surface area contributed by atoms with Crippen LogP contribution in [0.25, 0.3) is 10.9 Å². The lowest BCUT2D eigenvalue weighted by atomic mass is 10.0. The van der Waals surface area contributed by atoms with Gasteiger partial charge in [0.1, 0.15) is 0 Å². The van der Waals surface area contributed by atoms with Crippen molar-refractivity contribution in [2.45, 2.75) is 116 Å². The number of H-pyrrole nitrogens is 1. The van der Waals surface area contributed by atoms with E-state index in [1.54, 1.807) is 0 Å². The molecule has 1 aromatic carbocycles. The molecule has 0 unspecified atom stereocenters. The second-order valence-electron chi connectivity index (χ2n) is 8.76. The van der Waals surface area contributed by atoms with Gasteiger partial charge in [-0.1, -0.05) is 121 Å². The minimum Gasteiger partial charge on any atom is -0.322 e. The Bertz CT molecular complexity index is 718. The minimum atomic E-state index is 0.0876. The monoisotopic (exact) mass is 397 g/mol. The molecular weight excluding hydrogens is 354 g/mol. The summed E-state index contributed by atoms with van der Waals surface area (Å²) in [7, 11) is 0. The van der Waals surface area contributed by atoms with Crippen LogP contribution < -0.4 is 5.56 Å². The Morgan fingerprint density at radius 2 is 1.14 bits per heavy atom. The van der Waals surface area contributed by atoms with Crippen molar-refractivity contribution >= 4 is 10.9 Å². The van der Waals surface area contributed by atoms with Crippen LogP contribution in [-0.2, 0) is 6.42 Å². The number of hydrogen-bond donors (Lipinski definition) is 1. The van der Waals surface area contributed by atoms with Crippen LogP contribution in [0.5, 0.6) is 0 Å². The summed E-state index contributed by atoms with van der Waals surface area (Å²) in [5.74, 6) is 0. The predicted octanol–water partition coefficient (Wildman–Crippen LogP) is 8.33. The molecule has 2 aromatic rings. The highest BCUT2D eigenvalue weighted by atomic mass is 16.1. The lowest BCUT2D eigenvalue weighted by Gasteiger charge is -2.05. The van der Waals surface area contributed by atoms with E-state index in [2.05, 4.69) is 24.0 Å². The van der Waals surface area contributed by atoms with E-state index in [9.17, 15) is 4.79 Å². The maximum absolute atomic E-state index is 12.2. The molecule has 162 valence electrons. The molecule has 0 bridgehead atoms. The van der Waals surface area contributed by atoms with Gasteiger partial charge in [0.15, 0.2) is 0 Å². The van der Waals surface area contributed by atoms with Gasteiger partial charge in [0, 0.05) is 11.1 Å². The fourth-order valence-corrected chi connectivity index (χ4v) is 4.24. The quantitative estimate of drug-likeness (QED) is 0.267. The van der Waals surface area contributed by atoms with Crippen LogP contribution in [0.15, 0.2) is 35.1 Å². The van der Waals surface area contributed by atoms with E-state index in [0.29, 0.717) is 0 Å². The second kappa shape index (κ2) is 15.3. The molecule has 0 amide bonds. The third-order valence-electron chi connectivity index (χ3n) is 6.13. The van der Waals surface area contributed by atoms with Crippen LogP contribution in [0.2, 0.25) is 0 Å². The van der Waals surface area contributed by atoms with Crippen LogP contribution in [0.4, 0.5) is 0 Å². The zero-order valence-corrected chi connectivity index (χ0v) is 18.8. The fraction of sp³-hybridized carbons (Fsp3) is 0.667. The van der Waals surface area contributed by atoms with Gasteiger partial charge in [-0.15, -0.1) is 0 Å². The zero-order chi connectivity index (χ0) is 20.6. The molecule has 1 N–H and O–H groups in total. The topological polar surface area (TPSA) is 32.9 Å². The number of aromatic amines is 1. The molecule has 0 aliphatic heterocycles. The highest BCUT2D eigenvalue weighted by Gasteiger charge is 2.02. The van der Waals surface area contributed by atoms with Gasteiger partial charge in [0.2, 0.25) is 0 Å². The molecule has 1 heterocycles. The molecule has 0 fully saturated rings. The molecule has 2 rings (SSSR count). The number of rotatable bonds is 17. The Morgan fingerprint density at radius 3 is 1.69 bits per heavy atom. The standard InChI is InChI=1S/C27H43NO/c1-2-3-4-5-6-7-8-9-10-11-12-13-14-15-16-17-21-25-23-24-20-18-19-22-26(24)28-27(25)29/h18-20,22-23H,2-17,21H2,1H3,(H,28,29). The van der Waals surface area contributed by atoms with E-state index in [-0.39, 0.29) is 5.56 Å². The van der Waals surface area contributed by atoms with Crippen molar-refractivity contribution in [1.29, 1.82) is 0 Å². The summed E-state index contributed by atoms with van der Waals surface area (Å²) >= 11 is 0. The largest absolute Gasteiger partial charge is 0.322 e. The van der Waals surface area contributed by atoms with Crippen LogP contribution in [-0.4, -0.2) is 4.98 Å². The Labute approximate surface area is 178 Å². The van der Waals surface area contributed by atoms with Gasteiger partial charge in [-0.2, -0.15) is 0 Å². The smallest absolute Gasteiger partial charge is 0.251 e. The molecule has 2 heteroatoms. The third kappa shape index (κ3) is 10.1. The van der Waals surface area contributed by atoms with Crippen LogP contribution in [0, 0.1) is 0 Å². The van der Waals surface area contributed by atoms with E-state index in [1.165, 1.54) is 96.3 Å². The van der Waals surface area contributed by atoms with E-state index >= 15 is 0 Å². The number of aromatic nitrogens is 1. The van der Waals surface area contributed by atoms with Gasteiger partial charge in [-0.05, 0) is 30.4 Å². The number of benzene rings is 1. The van der Waals surface area contributed by atoms with Crippen LogP contribution in [0.1, 0.15) is 115 Å². The molecule has 0 spiro atoms. The van der Waals surface area contributed by atoms with Crippen molar-refractivity contribution in [3.05, 3.63) is 46.2 Å². The summed E-state index contributed by atoms with van der Waals surface area (Å²) < 4.78 is 0. The Hall–Kier alpha value is -1.57. The molecule has 2 nitrogen and oxygen atoms in total.